The van der Waals surface area contributed by atoms with Gasteiger partial charge in [-0.05, 0) is 31.4 Å². The monoisotopic (exact) mass is 388 g/mol. The number of carbonyl (C=O) groups is 1. The van der Waals surface area contributed by atoms with E-state index in [1.165, 1.54) is 4.31 Å². The minimum Gasteiger partial charge on any atom is -0.337 e. The van der Waals surface area contributed by atoms with Crippen molar-refractivity contribution in [3.63, 3.8) is 0 Å². The highest BCUT2D eigenvalue weighted by Crippen LogP contribution is 2.29. The first kappa shape index (κ1) is 18.2. The number of fused-ring (bicyclic) bond motifs is 1. The number of hydrogen-bond acceptors (Lipinski definition) is 4. The number of rotatable bonds is 3. The molecule has 144 valence electrons. The van der Waals surface area contributed by atoms with Crippen LogP contribution in [0.2, 0.25) is 0 Å². The third-order valence-corrected chi connectivity index (χ3v) is 7.52. The van der Waals surface area contributed by atoms with Gasteiger partial charge in [-0.25, -0.2) is 8.42 Å². The van der Waals surface area contributed by atoms with E-state index < -0.39 is 10.0 Å². The molecule has 1 fully saturated rings. The van der Waals surface area contributed by atoms with Gasteiger partial charge in [-0.2, -0.15) is 9.40 Å². The van der Waals surface area contributed by atoms with Crippen molar-refractivity contribution in [2.75, 3.05) is 19.6 Å². The molecule has 0 saturated carbocycles. The molecule has 8 heteroatoms. The molecule has 0 aliphatic carbocycles. The lowest BCUT2D eigenvalue weighted by Gasteiger charge is -2.27. The molecule has 1 aromatic carbocycles. The Morgan fingerprint density at radius 1 is 1.11 bits per heavy atom. The van der Waals surface area contributed by atoms with Crippen LogP contribution in [0.5, 0.6) is 0 Å². The predicted octanol–water partition coefficient (Wildman–Crippen LogP) is 1.71. The number of nitrogens with zero attached hydrogens (tertiary/aromatic N) is 4. The molecule has 1 aromatic heterocycles. The van der Waals surface area contributed by atoms with Crippen molar-refractivity contribution >= 4 is 15.9 Å². The number of aromatic nitrogens is 2. The second-order valence-electron chi connectivity index (χ2n) is 7.25. The molecule has 2 aromatic rings. The zero-order valence-electron chi connectivity index (χ0n) is 15.7. The summed E-state index contributed by atoms with van der Waals surface area (Å²) >= 11 is 0. The maximum atomic E-state index is 13.2. The Morgan fingerprint density at radius 3 is 2.52 bits per heavy atom. The number of benzene rings is 1. The van der Waals surface area contributed by atoms with E-state index in [1.54, 1.807) is 29.8 Å². The van der Waals surface area contributed by atoms with E-state index in [0.717, 1.165) is 42.8 Å². The van der Waals surface area contributed by atoms with Crippen LogP contribution >= 0.6 is 0 Å². The number of likely N-dealkylation sites (tertiary alicyclic amines) is 1. The van der Waals surface area contributed by atoms with Crippen molar-refractivity contribution in [1.29, 1.82) is 0 Å². The highest BCUT2D eigenvalue weighted by atomic mass is 32.2. The number of amides is 1. The topological polar surface area (TPSA) is 75.5 Å². The molecule has 3 heterocycles. The Labute approximate surface area is 159 Å². The van der Waals surface area contributed by atoms with Gasteiger partial charge in [-0.3, -0.25) is 9.48 Å². The normalized spacial score (nSPS) is 17.9. The van der Waals surface area contributed by atoms with Gasteiger partial charge >= 0.3 is 0 Å². The molecule has 0 radical (unpaired) electrons. The van der Waals surface area contributed by atoms with Crippen LogP contribution in [0.25, 0.3) is 0 Å². The largest absolute Gasteiger partial charge is 0.337 e. The van der Waals surface area contributed by atoms with E-state index in [-0.39, 0.29) is 12.5 Å². The van der Waals surface area contributed by atoms with Gasteiger partial charge in [0.2, 0.25) is 10.0 Å². The summed E-state index contributed by atoms with van der Waals surface area (Å²) < 4.78 is 29.5. The fourth-order valence-electron chi connectivity index (χ4n) is 4.00. The van der Waals surface area contributed by atoms with E-state index >= 15 is 0 Å². The maximum absolute atomic E-state index is 13.2. The molecule has 2 aliphatic heterocycles. The van der Waals surface area contributed by atoms with Crippen molar-refractivity contribution in [1.82, 2.24) is 19.0 Å². The molecule has 4 rings (SSSR count). The zero-order chi connectivity index (χ0) is 19.2. The summed E-state index contributed by atoms with van der Waals surface area (Å²) in [6.45, 7) is 3.87. The number of sulfonamides is 1. The fraction of sp³-hybridized carbons (Fsp3) is 0.474. The van der Waals surface area contributed by atoms with Crippen molar-refractivity contribution < 1.29 is 13.2 Å². The van der Waals surface area contributed by atoms with Gasteiger partial charge in [0.25, 0.3) is 5.91 Å². The minimum absolute atomic E-state index is 0.0838. The Kier molecular flexibility index (Phi) is 4.55. The third-order valence-electron chi connectivity index (χ3n) is 5.51. The van der Waals surface area contributed by atoms with Gasteiger partial charge in [-0.15, -0.1) is 0 Å². The zero-order valence-corrected chi connectivity index (χ0v) is 16.5. The van der Waals surface area contributed by atoms with Crippen LogP contribution in [0.1, 0.15) is 40.2 Å². The first-order chi connectivity index (χ1) is 12.9. The summed E-state index contributed by atoms with van der Waals surface area (Å²) in [5, 5.41) is 4.45. The Morgan fingerprint density at radius 2 is 1.81 bits per heavy atom. The van der Waals surface area contributed by atoms with Crippen molar-refractivity contribution in [3.05, 3.63) is 46.8 Å². The van der Waals surface area contributed by atoms with E-state index in [4.69, 9.17) is 0 Å². The Balaban J connectivity index is 1.68. The smallest absolute Gasteiger partial charge is 0.274 e. The summed E-state index contributed by atoms with van der Waals surface area (Å²) in [7, 11) is -1.79. The third kappa shape index (κ3) is 3.06. The van der Waals surface area contributed by atoms with Crippen LogP contribution in [-0.4, -0.2) is 52.9 Å². The Bertz CT molecular complexity index is 990. The van der Waals surface area contributed by atoms with Gasteiger partial charge in [-0.1, -0.05) is 18.2 Å². The first-order valence-corrected chi connectivity index (χ1v) is 10.7. The van der Waals surface area contributed by atoms with Crippen LogP contribution in [0.4, 0.5) is 0 Å². The molecule has 0 bridgehead atoms. The summed E-state index contributed by atoms with van der Waals surface area (Å²) in [6.07, 6.45) is 2.57. The quantitative estimate of drug-likeness (QED) is 0.802. The van der Waals surface area contributed by atoms with Crippen LogP contribution in [0, 0.1) is 6.92 Å². The first-order valence-electron chi connectivity index (χ1n) is 9.29. The van der Waals surface area contributed by atoms with E-state index in [0.29, 0.717) is 23.6 Å². The Hall–Kier alpha value is -2.19. The SMILES string of the molecule is Cc1ccccc1S(=O)(=O)N1CCc2c(c(C(=O)N3CCCC3)nn2C)C1. The maximum Gasteiger partial charge on any atom is 0.274 e. The fourth-order valence-corrected chi connectivity index (χ4v) is 5.63. The second kappa shape index (κ2) is 6.76. The van der Waals surface area contributed by atoms with Gasteiger partial charge < -0.3 is 4.90 Å². The molecular formula is C19H24N4O3S. The average molecular weight is 388 g/mol. The predicted molar refractivity (Wildman–Crippen MR) is 101 cm³/mol. The van der Waals surface area contributed by atoms with Gasteiger partial charge in [0.15, 0.2) is 5.69 Å². The standard InChI is InChI=1S/C19H24N4O3S/c1-14-7-3-4-8-17(14)27(25,26)23-12-9-16-15(13-23)18(20-21(16)2)19(24)22-10-5-6-11-22/h3-4,7-8H,5-6,9-13H2,1-2H3. The van der Waals surface area contributed by atoms with Crippen LogP contribution < -0.4 is 0 Å². The lowest BCUT2D eigenvalue weighted by atomic mass is 10.1. The van der Waals surface area contributed by atoms with Gasteiger partial charge in [0.05, 0.1) is 4.90 Å². The second-order valence-corrected chi connectivity index (χ2v) is 9.16. The molecule has 1 amide bonds. The number of hydrogen-bond donors (Lipinski definition) is 0. The van der Waals surface area contributed by atoms with Crippen molar-refractivity contribution in [3.8, 4) is 0 Å². The lowest BCUT2D eigenvalue weighted by Crippen LogP contribution is -2.37. The molecule has 0 spiro atoms. The van der Waals surface area contributed by atoms with Crippen molar-refractivity contribution in [2.45, 2.75) is 37.6 Å². The number of aryl methyl sites for hydroxylation is 2. The lowest BCUT2D eigenvalue weighted by molar-refractivity contribution is 0.0784. The molecule has 0 N–H and O–H groups in total. The number of carbonyl (C=O) groups excluding carboxylic acids is 1. The molecular weight excluding hydrogens is 364 g/mol. The summed E-state index contributed by atoms with van der Waals surface area (Å²) in [5.41, 5.74) is 2.83. The highest BCUT2D eigenvalue weighted by molar-refractivity contribution is 7.89. The van der Waals surface area contributed by atoms with E-state index in [9.17, 15) is 13.2 Å². The highest BCUT2D eigenvalue weighted by Gasteiger charge is 2.35. The van der Waals surface area contributed by atoms with Gasteiger partial charge in [0, 0.05) is 50.9 Å². The molecule has 7 nitrogen and oxygen atoms in total. The minimum atomic E-state index is -3.62. The van der Waals surface area contributed by atoms with E-state index in [2.05, 4.69) is 5.10 Å². The van der Waals surface area contributed by atoms with E-state index in [1.807, 2.05) is 18.0 Å². The van der Waals surface area contributed by atoms with Crippen molar-refractivity contribution in [2.24, 2.45) is 7.05 Å². The molecule has 27 heavy (non-hydrogen) atoms. The summed E-state index contributed by atoms with van der Waals surface area (Å²) in [4.78, 5) is 15.0. The molecule has 0 unspecified atom stereocenters. The van der Waals surface area contributed by atoms with Crippen LogP contribution in [0.3, 0.4) is 0 Å². The molecule has 2 aliphatic rings. The van der Waals surface area contributed by atoms with Gasteiger partial charge in [0.1, 0.15) is 0 Å². The van der Waals surface area contributed by atoms with Crippen LogP contribution in [-0.2, 0) is 30.0 Å². The average Bonchev–Trinajstić information content (AvgIpc) is 3.30. The van der Waals surface area contributed by atoms with Crippen LogP contribution in [0.15, 0.2) is 29.2 Å². The molecule has 1 saturated heterocycles. The molecule has 0 atom stereocenters. The summed E-state index contributed by atoms with van der Waals surface area (Å²) in [6, 6.07) is 7.01. The summed E-state index contributed by atoms with van der Waals surface area (Å²) in [5.74, 6) is -0.0838.